The van der Waals surface area contributed by atoms with Crippen LogP contribution in [0.1, 0.15) is 44.9 Å². The molecular formula is C23H28N2O3S. The largest absolute Gasteiger partial charge is 0.354 e. The van der Waals surface area contributed by atoms with Crippen LogP contribution in [0.5, 0.6) is 0 Å². The van der Waals surface area contributed by atoms with Crippen molar-refractivity contribution in [2.75, 3.05) is 13.1 Å². The van der Waals surface area contributed by atoms with Gasteiger partial charge in [-0.05, 0) is 67.9 Å². The summed E-state index contributed by atoms with van der Waals surface area (Å²) in [6.07, 6.45) is 9.13. The van der Waals surface area contributed by atoms with Crippen molar-refractivity contribution in [3.05, 3.63) is 54.1 Å². The highest BCUT2D eigenvalue weighted by Crippen LogP contribution is 2.28. The summed E-state index contributed by atoms with van der Waals surface area (Å²) in [6.45, 7) is 0.962. The average Bonchev–Trinajstić information content (AvgIpc) is 3.25. The molecule has 1 aliphatic carbocycles. The van der Waals surface area contributed by atoms with Gasteiger partial charge in [-0.1, -0.05) is 42.0 Å². The molecule has 154 valence electrons. The molecule has 1 aliphatic heterocycles. The van der Waals surface area contributed by atoms with E-state index in [1.807, 2.05) is 30.3 Å². The lowest BCUT2D eigenvalue weighted by Gasteiger charge is -2.24. The highest BCUT2D eigenvalue weighted by molar-refractivity contribution is 7.89. The third kappa shape index (κ3) is 4.38. The van der Waals surface area contributed by atoms with E-state index in [9.17, 15) is 13.2 Å². The van der Waals surface area contributed by atoms with Crippen molar-refractivity contribution in [1.82, 2.24) is 9.62 Å². The molecule has 1 amide bonds. The highest BCUT2D eigenvalue weighted by Gasteiger charge is 2.39. The maximum Gasteiger partial charge on any atom is 0.243 e. The van der Waals surface area contributed by atoms with Crippen molar-refractivity contribution < 1.29 is 13.2 Å². The number of sulfonamides is 1. The molecule has 1 saturated heterocycles. The zero-order valence-corrected chi connectivity index (χ0v) is 17.5. The number of nitrogens with one attached hydrogen (secondary N) is 1. The van der Waals surface area contributed by atoms with Gasteiger partial charge in [-0.2, -0.15) is 4.31 Å². The van der Waals surface area contributed by atoms with Gasteiger partial charge in [0.25, 0.3) is 0 Å². The lowest BCUT2D eigenvalue weighted by atomic mass is 9.97. The molecule has 0 aromatic heterocycles. The third-order valence-electron chi connectivity index (χ3n) is 5.96. The normalized spacial score (nSPS) is 20.6. The van der Waals surface area contributed by atoms with Crippen LogP contribution in [0.2, 0.25) is 0 Å². The average molecular weight is 413 g/mol. The molecule has 29 heavy (non-hydrogen) atoms. The Morgan fingerprint density at radius 3 is 2.69 bits per heavy atom. The standard InChI is InChI=1S/C23H28N2O3S/c26-23(24-15-14-18-7-2-1-3-8-18)22-11-6-16-25(22)29(27,28)21-13-12-19-9-4-5-10-20(19)17-21/h4-5,7,9-10,12-13,17,22H,1-3,6,8,11,14-16H2,(H,24,26). The minimum atomic E-state index is -3.71. The molecule has 5 nitrogen and oxygen atoms in total. The molecule has 2 aliphatic rings. The van der Waals surface area contributed by atoms with E-state index >= 15 is 0 Å². The summed E-state index contributed by atoms with van der Waals surface area (Å²) in [4.78, 5) is 13.0. The second-order valence-electron chi connectivity index (χ2n) is 7.93. The Bertz CT molecular complexity index is 1030. The van der Waals surface area contributed by atoms with Crippen LogP contribution in [0.15, 0.2) is 59.0 Å². The van der Waals surface area contributed by atoms with Gasteiger partial charge in [-0.15, -0.1) is 0 Å². The van der Waals surface area contributed by atoms with Crippen molar-refractivity contribution >= 4 is 26.7 Å². The molecule has 0 radical (unpaired) electrons. The first-order chi connectivity index (χ1) is 14.1. The summed E-state index contributed by atoms with van der Waals surface area (Å²) < 4.78 is 27.9. The van der Waals surface area contributed by atoms with E-state index in [1.54, 1.807) is 12.1 Å². The van der Waals surface area contributed by atoms with E-state index in [1.165, 1.54) is 22.7 Å². The number of hydrogen-bond acceptors (Lipinski definition) is 3. The van der Waals surface area contributed by atoms with Crippen molar-refractivity contribution in [3.8, 4) is 0 Å². The molecule has 6 heteroatoms. The molecule has 1 unspecified atom stereocenters. The molecule has 1 heterocycles. The zero-order valence-electron chi connectivity index (χ0n) is 16.6. The molecule has 2 aromatic carbocycles. The fraction of sp³-hybridized carbons (Fsp3) is 0.435. The van der Waals surface area contributed by atoms with E-state index in [0.717, 1.165) is 30.0 Å². The Labute approximate surface area is 172 Å². The van der Waals surface area contributed by atoms with Gasteiger partial charge >= 0.3 is 0 Å². The summed E-state index contributed by atoms with van der Waals surface area (Å²) in [5.74, 6) is -0.178. The Hall–Kier alpha value is -2.18. The molecular weight excluding hydrogens is 384 g/mol. The van der Waals surface area contributed by atoms with Crippen LogP contribution in [-0.2, 0) is 14.8 Å². The number of allylic oxidation sites excluding steroid dienone is 1. The number of rotatable bonds is 6. The van der Waals surface area contributed by atoms with E-state index in [0.29, 0.717) is 25.9 Å². The van der Waals surface area contributed by atoms with Crippen LogP contribution in [0.3, 0.4) is 0 Å². The Balaban J connectivity index is 1.45. The molecule has 1 fully saturated rings. The van der Waals surface area contributed by atoms with E-state index in [4.69, 9.17) is 0 Å². The maximum absolute atomic E-state index is 13.3. The Morgan fingerprint density at radius 2 is 1.90 bits per heavy atom. The Morgan fingerprint density at radius 1 is 1.07 bits per heavy atom. The summed E-state index contributed by atoms with van der Waals surface area (Å²) in [6, 6.07) is 12.2. The number of fused-ring (bicyclic) bond motifs is 1. The highest BCUT2D eigenvalue weighted by atomic mass is 32.2. The summed E-state index contributed by atoms with van der Waals surface area (Å²) in [5, 5.41) is 4.85. The molecule has 0 bridgehead atoms. The fourth-order valence-corrected chi connectivity index (χ4v) is 6.04. The fourth-order valence-electron chi connectivity index (χ4n) is 4.35. The van der Waals surface area contributed by atoms with Gasteiger partial charge in [0, 0.05) is 13.1 Å². The zero-order chi connectivity index (χ0) is 20.3. The van der Waals surface area contributed by atoms with Gasteiger partial charge in [0.2, 0.25) is 15.9 Å². The predicted octanol–water partition coefficient (Wildman–Crippen LogP) is 4.00. The summed E-state index contributed by atoms with van der Waals surface area (Å²) >= 11 is 0. The lowest BCUT2D eigenvalue weighted by Crippen LogP contribution is -2.46. The number of benzene rings is 2. The first-order valence-electron chi connectivity index (χ1n) is 10.5. The first-order valence-corrected chi connectivity index (χ1v) is 12.0. The van der Waals surface area contributed by atoms with Gasteiger partial charge in [-0.25, -0.2) is 8.42 Å². The summed E-state index contributed by atoms with van der Waals surface area (Å²) in [5.41, 5.74) is 1.41. The molecule has 4 rings (SSSR count). The monoisotopic (exact) mass is 412 g/mol. The molecule has 0 spiro atoms. The van der Waals surface area contributed by atoms with Crippen molar-refractivity contribution in [2.24, 2.45) is 0 Å². The SMILES string of the molecule is O=C(NCCC1=CCCCC1)C1CCCN1S(=O)(=O)c1ccc2ccccc2c1. The molecule has 1 N–H and O–H groups in total. The predicted molar refractivity (Wildman–Crippen MR) is 115 cm³/mol. The van der Waals surface area contributed by atoms with Crippen LogP contribution >= 0.6 is 0 Å². The second kappa shape index (κ2) is 8.67. The van der Waals surface area contributed by atoms with Crippen LogP contribution in [0.4, 0.5) is 0 Å². The number of hydrogen-bond donors (Lipinski definition) is 1. The topological polar surface area (TPSA) is 66.5 Å². The smallest absolute Gasteiger partial charge is 0.243 e. The minimum absolute atomic E-state index is 0.178. The number of amides is 1. The number of carbonyl (C=O) groups excluding carboxylic acids is 1. The lowest BCUT2D eigenvalue weighted by molar-refractivity contribution is -0.124. The quantitative estimate of drug-likeness (QED) is 0.730. The minimum Gasteiger partial charge on any atom is -0.354 e. The third-order valence-corrected chi connectivity index (χ3v) is 7.87. The molecule has 2 aromatic rings. The number of carbonyl (C=O) groups is 1. The van der Waals surface area contributed by atoms with Crippen LogP contribution in [0.25, 0.3) is 10.8 Å². The van der Waals surface area contributed by atoms with Gasteiger partial charge in [0.1, 0.15) is 6.04 Å². The van der Waals surface area contributed by atoms with Gasteiger partial charge < -0.3 is 5.32 Å². The van der Waals surface area contributed by atoms with Gasteiger partial charge in [-0.3, -0.25) is 4.79 Å². The second-order valence-corrected chi connectivity index (χ2v) is 9.82. The maximum atomic E-state index is 13.3. The molecule has 0 saturated carbocycles. The van der Waals surface area contributed by atoms with Crippen LogP contribution in [0, 0.1) is 0 Å². The van der Waals surface area contributed by atoms with Crippen LogP contribution in [-0.4, -0.2) is 37.8 Å². The van der Waals surface area contributed by atoms with E-state index in [2.05, 4.69) is 11.4 Å². The van der Waals surface area contributed by atoms with Crippen molar-refractivity contribution in [2.45, 2.75) is 55.9 Å². The number of nitrogens with zero attached hydrogens (tertiary/aromatic N) is 1. The van der Waals surface area contributed by atoms with Gasteiger partial charge in [0.15, 0.2) is 0 Å². The summed E-state index contributed by atoms with van der Waals surface area (Å²) in [7, 11) is -3.71. The first kappa shape index (κ1) is 20.1. The van der Waals surface area contributed by atoms with Crippen molar-refractivity contribution in [3.63, 3.8) is 0 Å². The van der Waals surface area contributed by atoms with Crippen LogP contribution < -0.4 is 5.32 Å². The van der Waals surface area contributed by atoms with E-state index in [-0.39, 0.29) is 10.8 Å². The van der Waals surface area contributed by atoms with Crippen molar-refractivity contribution in [1.29, 1.82) is 0 Å². The van der Waals surface area contributed by atoms with E-state index < -0.39 is 16.1 Å². The molecule has 1 atom stereocenters. The Kier molecular flexibility index (Phi) is 6.01. The van der Waals surface area contributed by atoms with Gasteiger partial charge in [0.05, 0.1) is 4.90 Å².